The highest BCUT2D eigenvalue weighted by molar-refractivity contribution is 5.93. The molecule has 1 aromatic heterocycles. The summed E-state index contributed by atoms with van der Waals surface area (Å²) in [4.78, 5) is 5.47. The second-order valence-electron chi connectivity index (χ2n) is 14.8. The number of nitrogens with zero attached hydrogens (tertiary/aromatic N) is 1. The number of rotatable bonds is 5. The maximum absolute atomic E-state index is 5.47. The highest BCUT2D eigenvalue weighted by atomic mass is 14.7. The number of hydrogen-bond acceptors (Lipinski definition) is 1. The van der Waals surface area contributed by atoms with Crippen molar-refractivity contribution in [3.8, 4) is 67.0 Å². The minimum atomic E-state index is -0.136. The summed E-state index contributed by atoms with van der Waals surface area (Å²) in [5.41, 5.74) is 16.5. The lowest BCUT2D eigenvalue weighted by molar-refractivity contribution is 0.662. The Hall–Kier alpha value is -6.57. The van der Waals surface area contributed by atoms with Gasteiger partial charge in [0.2, 0.25) is 0 Å². The van der Waals surface area contributed by atoms with Crippen molar-refractivity contribution in [3.63, 3.8) is 0 Å². The van der Waals surface area contributed by atoms with E-state index in [2.05, 4.69) is 202 Å². The fourth-order valence-electron chi connectivity index (χ4n) is 8.53. The van der Waals surface area contributed by atoms with Gasteiger partial charge in [-0.15, -0.1) is 0 Å². The van der Waals surface area contributed by atoms with Crippen LogP contribution >= 0.6 is 0 Å². The molecule has 53 heavy (non-hydrogen) atoms. The molecule has 0 aliphatic heterocycles. The van der Waals surface area contributed by atoms with Gasteiger partial charge in [0.05, 0.1) is 11.4 Å². The van der Waals surface area contributed by atoms with Gasteiger partial charge >= 0.3 is 0 Å². The van der Waals surface area contributed by atoms with Crippen LogP contribution in [0.15, 0.2) is 188 Å². The highest BCUT2D eigenvalue weighted by Crippen LogP contribution is 2.52. The van der Waals surface area contributed by atoms with Gasteiger partial charge in [-0.25, -0.2) is 4.98 Å². The first-order valence-electron chi connectivity index (χ1n) is 18.4. The van der Waals surface area contributed by atoms with Crippen LogP contribution in [0.25, 0.3) is 88.6 Å². The molecular weight excluding hydrogens is 639 g/mol. The molecule has 1 heterocycles. The molecule has 0 amide bonds. The number of fused-ring (bicyclic) bond motifs is 5. The van der Waals surface area contributed by atoms with Crippen LogP contribution in [0.2, 0.25) is 0 Å². The molecular formula is C52H37N. The molecule has 1 aliphatic rings. The molecule has 1 aliphatic carbocycles. The normalized spacial score (nSPS) is 12.9. The molecule has 9 aromatic rings. The minimum Gasteiger partial charge on any atom is -0.248 e. The van der Waals surface area contributed by atoms with Gasteiger partial charge in [-0.3, -0.25) is 0 Å². The van der Waals surface area contributed by atoms with Gasteiger partial charge in [-0.05, 0) is 120 Å². The summed E-state index contributed by atoms with van der Waals surface area (Å²) in [6, 6.07) is 68.6. The Bertz CT molecular complexity index is 2760. The zero-order chi connectivity index (χ0) is 35.5. The zero-order valence-corrected chi connectivity index (χ0v) is 29.8. The molecule has 0 fully saturated rings. The van der Waals surface area contributed by atoms with Crippen molar-refractivity contribution in [1.29, 1.82) is 0 Å². The van der Waals surface area contributed by atoms with E-state index in [1.54, 1.807) is 0 Å². The minimum absolute atomic E-state index is 0.136. The zero-order valence-electron chi connectivity index (χ0n) is 29.8. The molecule has 1 heteroatoms. The van der Waals surface area contributed by atoms with E-state index in [9.17, 15) is 0 Å². The molecule has 0 unspecified atom stereocenters. The van der Waals surface area contributed by atoms with E-state index in [1.807, 2.05) is 0 Å². The molecule has 0 saturated carbocycles. The van der Waals surface area contributed by atoms with Gasteiger partial charge < -0.3 is 0 Å². The Morgan fingerprint density at radius 3 is 1.60 bits per heavy atom. The summed E-state index contributed by atoms with van der Waals surface area (Å²) in [5.74, 6) is 0. The van der Waals surface area contributed by atoms with Gasteiger partial charge in [-0.2, -0.15) is 0 Å². The van der Waals surface area contributed by atoms with Gasteiger partial charge in [0.1, 0.15) is 0 Å². The Labute approximate surface area is 310 Å². The Kier molecular flexibility index (Phi) is 7.23. The van der Waals surface area contributed by atoms with Crippen molar-refractivity contribution in [2.45, 2.75) is 19.3 Å². The van der Waals surface area contributed by atoms with Crippen molar-refractivity contribution in [1.82, 2.24) is 4.98 Å². The number of aromatic nitrogens is 1. The predicted molar refractivity (Wildman–Crippen MR) is 224 cm³/mol. The van der Waals surface area contributed by atoms with Gasteiger partial charge in [-0.1, -0.05) is 159 Å². The lowest BCUT2D eigenvalue weighted by Gasteiger charge is -2.25. The van der Waals surface area contributed by atoms with Crippen LogP contribution in [0.3, 0.4) is 0 Å². The van der Waals surface area contributed by atoms with E-state index in [-0.39, 0.29) is 5.41 Å². The van der Waals surface area contributed by atoms with Crippen molar-refractivity contribution < 1.29 is 0 Å². The van der Waals surface area contributed by atoms with Crippen LogP contribution in [-0.4, -0.2) is 4.98 Å². The van der Waals surface area contributed by atoms with Crippen molar-refractivity contribution in [3.05, 3.63) is 199 Å². The Morgan fingerprint density at radius 1 is 0.321 bits per heavy atom. The molecule has 250 valence electrons. The third-order valence-corrected chi connectivity index (χ3v) is 11.2. The fourth-order valence-corrected chi connectivity index (χ4v) is 8.53. The maximum atomic E-state index is 5.47. The molecule has 0 bridgehead atoms. The summed E-state index contributed by atoms with van der Waals surface area (Å²) in [6.07, 6.45) is 0. The lowest BCUT2D eigenvalue weighted by Crippen LogP contribution is -2.16. The quantitative estimate of drug-likeness (QED) is 0.177. The molecule has 0 saturated heterocycles. The van der Waals surface area contributed by atoms with E-state index in [1.165, 1.54) is 71.6 Å². The van der Waals surface area contributed by atoms with Gasteiger partial charge in [0.25, 0.3) is 0 Å². The van der Waals surface area contributed by atoms with Crippen LogP contribution in [-0.2, 0) is 5.41 Å². The Morgan fingerprint density at radius 2 is 0.849 bits per heavy atom. The molecule has 0 N–H and O–H groups in total. The molecule has 0 spiro atoms. The summed E-state index contributed by atoms with van der Waals surface area (Å²) in [5, 5.41) is 4.90. The summed E-state index contributed by atoms with van der Waals surface area (Å²) < 4.78 is 0. The average Bonchev–Trinajstić information content (AvgIpc) is 3.46. The van der Waals surface area contributed by atoms with Crippen LogP contribution in [0.5, 0.6) is 0 Å². The fraction of sp³-hybridized carbons (Fsp3) is 0.0577. The summed E-state index contributed by atoms with van der Waals surface area (Å²) in [7, 11) is 0. The highest BCUT2D eigenvalue weighted by Gasteiger charge is 2.37. The smallest absolute Gasteiger partial charge is 0.0716 e. The second kappa shape index (κ2) is 12.3. The van der Waals surface area contributed by atoms with E-state index in [0.717, 1.165) is 28.1 Å². The van der Waals surface area contributed by atoms with Gasteiger partial charge in [0.15, 0.2) is 0 Å². The first kappa shape index (κ1) is 31.2. The van der Waals surface area contributed by atoms with Crippen LogP contribution < -0.4 is 0 Å². The summed E-state index contributed by atoms with van der Waals surface area (Å²) in [6.45, 7) is 4.74. The number of pyridine rings is 1. The number of benzene rings is 8. The Balaban J connectivity index is 1.21. The molecule has 0 atom stereocenters. The van der Waals surface area contributed by atoms with E-state index >= 15 is 0 Å². The van der Waals surface area contributed by atoms with Crippen LogP contribution in [0.4, 0.5) is 0 Å². The SMILES string of the molecule is CC1(C)c2ccccc2-c2cccc(-c3cc(-c4ccccc4)cc(-c4cc(-c5ccc6ccccc6c5)cc(-c5ccc6ccccc6c5)n4)c3)c21. The molecule has 8 aromatic carbocycles. The first-order valence-corrected chi connectivity index (χ1v) is 18.4. The number of hydrogen-bond donors (Lipinski definition) is 0. The average molecular weight is 676 g/mol. The van der Waals surface area contributed by atoms with Gasteiger partial charge in [0, 0.05) is 16.5 Å². The standard InChI is InChI=1S/C52H37N/c1-52(2)48-22-11-10-19-46(48)47-21-12-20-45(51(47)52)43-29-41(34-13-4-3-5-14-34)30-44(31-43)50-33-42(39-25-23-35-15-6-8-17-37(35)27-39)32-49(53-50)40-26-24-36-16-7-9-18-38(36)28-40/h3-33H,1-2H3. The topological polar surface area (TPSA) is 12.9 Å². The van der Waals surface area contributed by atoms with Crippen molar-refractivity contribution in [2.24, 2.45) is 0 Å². The van der Waals surface area contributed by atoms with Crippen LogP contribution in [0, 0.1) is 0 Å². The lowest BCUT2D eigenvalue weighted by atomic mass is 9.78. The second-order valence-corrected chi connectivity index (χ2v) is 14.8. The third-order valence-electron chi connectivity index (χ3n) is 11.2. The maximum Gasteiger partial charge on any atom is 0.0716 e. The monoisotopic (exact) mass is 675 g/mol. The first-order chi connectivity index (χ1) is 26.0. The molecule has 10 rings (SSSR count). The van der Waals surface area contributed by atoms with E-state index in [4.69, 9.17) is 4.98 Å². The van der Waals surface area contributed by atoms with Crippen LogP contribution in [0.1, 0.15) is 25.0 Å². The van der Waals surface area contributed by atoms with E-state index < -0.39 is 0 Å². The van der Waals surface area contributed by atoms with Crippen molar-refractivity contribution in [2.75, 3.05) is 0 Å². The summed E-state index contributed by atoms with van der Waals surface area (Å²) >= 11 is 0. The largest absolute Gasteiger partial charge is 0.248 e. The van der Waals surface area contributed by atoms with E-state index in [0.29, 0.717) is 0 Å². The molecule has 0 radical (unpaired) electrons. The predicted octanol–water partition coefficient (Wildman–Crippen LogP) is 14.0. The van der Waals surface area contributed by atoms with Crippen molar-refractivity contribution >= 4 is 21.5 Å². The third kappa shape index (κ3) is 5.36. The molecule has 1 nitrogen and oxygen atoms in total.